The summed E-state index contributed by atoms with van der Waals surface area (Å²) in [6.45, 7) is 3.29. The number of halogens is 1. The van der Waals surface area contributed by atoms with E-state index in [1.807, 2.05) is 21.0 Å². The lowest BCUT2D eigenvalue weighted by molar-refractivity contribution is 0.0948. The van der Waals surface area contributed by atoms with Crippen LogP contribution in [0.3, 0.4) is 0 Å². The number of carbonyl (C=O) groups excluding carboxylic acids is 1. The Labute approximate surface area is 134 Å². The van der Waals surface area contributed by atoms with Crippen LogP contribution in [0.5, 0.6) is 0 Å². The van der Waals surface area contributed by atoms with Gasteiger partial charge in [-0.25, -0.2) is 9.37 Å². The molecule has 2 rings (SSSR count). The van der Waals surface area contributed by atoms with Crippen molar-refractivity contribution in [3.8, 4) is 10.4 Å². The molecule has 1 heterocycles. The maximum atomic E-state index is 14.0. The largest absolute Gasteiger partial charge is 0.351 e. The van der Waals surface area contributed by atoms with Crippen LogP contribution in [0.2, 0.25) is 0 Å². The van der Waals surface area contributed by atoms with Crippen molar-refractivity contribution in [1.29, 1.82) is 0 Å². The van der Waals surface area contributed by atoms with E-state index in [1.165, 1.54) is 17.4 Å². The second-order valence-electron chi connectivity index (χ2n) is 5.30. The summed E-state index contributed by atoms with van der Waals surface area (Å²) >= 11 is 1.33. The summed E-state index contributed by atoms with van der Waals surface area (Å²) in [4.78, 5) is 19.2. The van der Waals surface area contributed by atoms with E-state index < -0.39 is 0 Å². The number of hydrogen-bond acceptors (Lipinski definition) is 4. The van der Waals surface area contributed by atoms with Gasteiger partial charge in [-0.15, -0.1) is 11.3 Å². The van der Waals surface area contributed by atoms with E-state index in [9.17, 15) is 9.18 Å². The van der Waals surface area contributed by atoms with Gasteiger partial charge in [-0.2, -0.15) is 0 Å². The van der Waals surface area contributed by atoms with Gasteiger partial charge in [0.25, 0.3) is 5.91 Å². The van der Waals surface area contributed by atoms with E-state index in [2.05, 4.69) is 15.2 Å². The molecule has 2 aromatic rings. The Hall–Kier alpha value is -1.79. The third-order valence-corrected chi connectivity index (χ3v) is 4.14. The van der Waals surface area contributed by atoms with E-state index >= 15 is 0 Å². The van der Waals surface area contributed by atoms with Gasteiger partial charge in [-0.3, -0.25) is 4.79 Å². The highest BCUT2D eigenvalue weighted by Gasteiger charge is 2.19. The molecule has 0 saturated carbocycles. The summed E-state index contributed by atoms with van der Waals surface area (Å²) in [5.41, 5.74) is 0.726. The summed E-state index contributed by atoms with van der Waals surface area (Å²) in [7, 11) is 3.98. The van der Waals surface area contributed by atoms with Crippen molar-refractivity contribution >= 4 is 17.2 Å². The molecule has 0 spiro atoms. The number of carbonyl (C=O) groups is 1. The highest BCUT2D eigenvalue weighted by molar-refractivity contribution is 7.15. The van der Waals surface area contributed by atoms with Gasteiger partial charge in [0.05, 0.1) is 9.88 Å². The van der Waals surface area contributed by atoms with Gasteiger partial charge in [0.2, 0.25) is 0 Å². The molecule has 0 aliphatic rings. The van der Waals surface area contributed by atoms with E-state index in [-0.39, 0.29) is 11.7 Å². The van der Waals surface area contributed by atoms with Crippen molar-refractivity contribution < 1.29 is 9.18 Å². The lowest BCUT2D eigenvalue weighted by Gasteiger charge is -2.10. The Balaban J connectivity index is 2.15. The molecule has 0 aliphatic heterocycles. The molecule has 0 fully saturated rings. The van der Waals surface area contributed by atoms with Crippen LogP contribution in [0.4, 0.5) is 4.39 Å². The quantitative estimate of drug-likeness (QED) is 0.832. The SMILES string of the molecule is Cc1nc(C(=O)NCCCN(C)C)c(-c2ccccc2F)s1. The average Bonchev–Trinajstić information content (AvgIpc) is 2.85. The maximum Gasteiger partial charge on any atom is 0.271 e. The first-order valence-corrected chi connectivity index (χ1v) is 7.96. The third kappa shape index (κ3) is 4.11. The van der Waals surface area contributed by atoms with Crippen LogP contribution < -0.4 is 5.32 Å². The molecule has 4 nitrogen and oxygen atoms in total. The van der Waals surface area contributed by atoms with Crippen LogP contribution in [0.1, 0.15) is 21.9 Å². The van der Waals surface area contributed by atoms with Crippen LogP contribution in [-0.2, 0) is 0 Å². The molecule has 0 bridgehead atoms. The predicted molar refractivity (Wildman–Crippen MR) is 87.7 cm³/mol. The first-order chi connectivity index (χ1) is 10.5. The van der Waals surface area contributed by atoms with Crippen molar-refractivity contribution in [2.24, 2.45) is 0 Å². The van der Waals surface area contributed by atoms with Crippen LogP contribution >= 0.6 is 11.3 Å². The smallest absolute Gasteiger partial charge is 0.271 e. The van der Waals surface area contributed by atoms with Crippen LogP contribution in [0, 0.1) is 12.7 Å². The molecule has 22 heavy (non-hydrogen) atoms. The highest BCUT2D eigenvalue weighted by atomic mass is 32.1. The van der Waals surface area contributed by atoms with Crippen molar-refractivity contribution in [1.82, 2.24) is 15.2 Å². The van der Waals surface area contributed by atoms with E-state index in [0.29, 0.717) is 22.7 Å². The lowest BCUT2D eigenvalue weighted by Crippen LogP contribution is -2.27. The molecule has 0 aliphatic carbocycles. The van der Waals surface area contributed by atoms with Crippen LogP contribution in [0.15, 0.2) is 24.3 Å². The number of aromatic nitrogens is 1. The highest BCUT2D eigenvalue weighted by Crippen LogP contribution is 2.31. The van der Waals surface area contributed by atoms with E-state index in [4.69, 9.17) is 0 Å². The summed E-state index contributed by atoms with van der Waals surface area (Å²) in [6, 6.07) is 6.45. The molecular weight excluding hydrogens is 301 g/mol. The van der Waals surface area contributed by atoms with Gasteiger partial charge >= 0.3 is 0 Å². The van der Waals surface area contributed by atoms with Crippen molar-refractivity contribution in [3.05, 3.63) is 40.8 Å². The fourth-order valence-electron chi connectivity index (χ4n) is 2.09. The Bertz CT molecular complexity index is 655. The third-order valence-electron chi connectivity index (χ3n) is 3.14. The molecule has 118 valence electrons. The predicted octanol–water partition coefficient (Wildman–Crippen LogP) is 2.94. The van der Waals surface area contributed by atoms with Crippen molar-refractivity contribution in [2.75, 3.05) is 27.2 Å². The minimum Gasteiger partial charge on any atom is -0.351 e. The molecule has 0 radical (unpaired) electrons. The van der Waals surface area contributed by atoms with Crippen LogP contribution in [0.25, 0.3) is 10.4 Å². The topological polar surface area (TPSA) is 45.2 Å². The summed E-state index contributed by atoms with van der Waals surface area (Å²) in [5.74, 6) is -0.589. The number of benzene rings is 1. The van der Waals surface area contributed by atoms with Gasteiger partial charge in [0.1, 0.15) is 11.5 Å². The molecule has 0 saturated heterocycles. The molecule has 1 amide bonds. The number of amides is 1. The standard InChI is InChI=1S/C16H20FN3OS/c1-11-19-14(16(21)18-9-6-10-20(2)3)15(22-11)12-7-4-5-8-13(12)17/h4-5,7-8H,6,9-10H2,1-3H3,(H,18,21). The zero-order chi connectivity index (χ0) is 16.1. The number of nitrogens with zero attached hydrogens (tertiary/aromatic N) is 2. The number of thiazole rings is 1. The summed E-state index contributed by atoms with van der Waals surface area (Å²) in [6.07, 6.45) is 0.858. The number of rotatable bonds is 6. The lowest BCUT2D eigenvalue weighted by atomic mass is 10.1. The van der Waals surface area contributed by atoms with E-state index in [1.54, 1.807) is 18.2 Å². The molecule has 1 N–H and O–H groups in total. The second kappa shape index (κ2) is 7.47. The van der Waals surface area contributed by atoms with Crippen molar-refractivity contribution in [2.45, 2.75) is 13.3 Å². The Morgan fingerprint density at radius 1 is 1.36 bits per heavy atom. The summed E-state index contributed by atoms with van der Waals surface area (Å²) < 4.78 is 14.0. The fourth-order valence-corrected chi connectivity index (χ4v) is 3.03. The second-order valence-corrected chi connectivity index (χ2v) is 6.51. The number of aryl methyl sites for hydroxylation is 1. The summed E-state index contributed by atoms with van der Waals surface area (Å²) in [5, 5.41) is 3.60. The molecular formula is C16H20FN3OS. The molecule has 1 aromatic heterocycles. The monoisotopic (exact) mass is 321 g/mol. The van der Waals surface area contributed by atoms with E-state index in [0.717, 1.165) is 18.0 Å². The minimum absolute atomic E-state index is 0.249. The average molecular weight is 321 g/mol. The fraction of sp³-hybridized carbons (Fsp3) is 0.375. The van der Waals surface area contributed by atoms with Gasteiger partial charge < -0.3 is 10.2 Å². The normalized spacial score (nSPS) is 11.0. The van der Waals surface area contributed by atoms with Crippen molar-refractivity contribution in [3.63, 3.8) is 0 Å². The Kier molecular flexibility index (Phi) is 5.63. The van der Waals surface area contributed by atoms with Gasteiger partial charge in [0.15, 0.2) is 0 Å². The Morgan fingerprint density at radius 2 is 2.09 bits per heavy atom. The molecule has 0 unspecified atom stereocenters. The first-order valence-electron chi connectivity index (χ1n) is 7.14. The maximum absolute atomic E-state index is 14.0. The van der Waals surface area contributed by atoms with Gasteiger partial charge in [-0.1, -0.05) is 18.2 Å². The number of nitrogens with one attached hydrogen (secondary N) is 1. The molecule has 6 heteroatoms. The van der Waals surface area contributed by atoms with Gasteiger partial charge in [0, 0.05) is 12.1 Å². The van der Waals surface area contributed by atoms with Gasteiger partial charge in [-0.05, 0) is 40.1 Å². The minimum atomic E-state index is -0.340. The Morgan fingerprint density at radius 3 is 2.77 bits per heavy atom. The molecule has 0 atom stereocenters. The zero-order valence-corrected chi connectivity index (χ0v) is 13.8. The zero-order valence-electron chi connectivity index (χ0n) is 13.0. The number of hydrogen-bond donors (Lipinski definition) is 1. The first kappa shape index (κ1) is 16.6. The van der Waals surface area contributed by atoms with Crippen LogP contribution in [-0.4, -0.2) is 43.0 Å². The molecule has 1 aromatic carbocycles.